The third-order valence-corrected chi connectivity index (χ3v) is 1.33. The zero-order valence-electron chi connectivity index (χ0n) is 6.32. The summed E-state index contributed by atoms with van der Waals surface area (Å²) in [5, 5.41) is 7.30. The molecule has 0 fully saturated rings. The van der Waals surface area contributed by atoms with E-state index in [0.29, 0.717) is 12.5 Å². The van der Waals surface area contributed by atoms with Crippen LogP contribution in [0.25, 0.3) is 0 Å². The van der Waals surface area contributed by atoms with Crippen molar-refractivity contribution >= 4 is 0 Å². The Hall–Kier alpha value is -0.900. The molecule has 61 valence electrons. The van der Waals surface area contributed by atoms with E-state index in [4.69, 9.17) is 4.42 Å². The van der Waals surface area contributed by atoms with Crippen LogP contribution in [0.5, 0.6) is 0 Å². The third-order valence-electron chi connectivity index (χ3n) is 1.33. The Morgan fingerprint density at radius 3 is 3.09 bits per heavy atom. The van der Waals surface area contributed by atoms with Gasteiger partial charge in [-0.15, -0.1) is 10.2 Å². The maximum Gasteiger partial charge on any atom is 0.216 e. The number of rotatable bonds is 5. The first kappa shape index (κ1) is 8.20. The Labute approximate surface area is 65.6 Å². The highest BCUT2D eigenvalue weighted by Crippen LogP contribution is 1.99. The zero-order valence-corrected chi connectivity index (χ0v) is 6.32. The van der Waals surface area contributed by atoms with Crippen LogP contribution in [0.15, 0.2) is 10.8 Å². The first-order valence-corrected chi connectivity index (χ1v) is 3.55. The van der Waals surface area contributed by atoms with Crippen LogP contribution in [0.2, 0.25) is 0 Å². The van der Waals surface area contributed by atoms with Crippen molar-refractivity contribution in [3.05, 3.63) is 19.4 Å². The predicted octanol–water partition coefficient (Wildman–Crippen LogP) is 1.20. The van der Waals surface area contributed by atoms with Gasteiger partial charge in [0.1, 0.15) is 0 Å². The molecule has 1 aromatic heterocycles. The van der Waals surface area contributed by atoms with E-state index < -0.39 is 0 Å². The van der Waals surface area contributed by atoms with Gasteiger partial charge in [-0.1, -0.05) is 0 Å². The summed E-state index contributed by atoms with van der Waals surface area (Å²) in [7, 11) is 3.27. The number of unbranched alkanes of at least 4 members (excludes halogenated alkanes) is 1. The smallest absolute Gasteiger partial charge is 0.216 e. The molecular formula is C7H11N2O2. The van der Waals surface area contributed by atoms with Gasteiger partial charge >= 0.3 is 0 Å². The average molecular weight is 155 g/mol. The first-order chi connectivity index (χ1) is 5.43. The lowest BCUT2D eigenvalue weighted by molar-refractivity contribution is 0.234. The van der Waals surface area contributed by atoms with Gasteiger partial charge in [0.05, 0.1) is 7.11 Å². The molecule has 0 spiro atoms. The fourth-order valence-electron chi connectivity index (χ4n) is 0.785. The van der Waals surface area contributed by atoms with Crippen molar-refractivity contribution in [2.24, 2.45) is 0 Å². The molecule has 1 radical (unpaired) electrons. The summed E-state index contributed by atoms with van der Waals surface area (Å²) in [4.78, 5) is 0. The number of nitrogens with zero attached hydrogens (tertiary/aromatic N) is 2. The molecule has 1 rings (SSSR count). The van der Waals surface area contributed by atoms with Crippen LogP contribution < -0.4 is 0 Å². The summed E-state index contributed by atoms with van der Waals surface area (Å²) in [5.74, 6) is 0.689. The minimum Gasteiger partial charge on any atom is -0.428 e. The van der Waals surface area contributed by atoms with Gasteiger partial charge in [-0.2, -0.15) is 0 Å². The molecule has 1 aromatic rings. The molecule has 0 saturated carbocycles. The normalized spacial score (nSPS) is 10.3. The molecule has 0 saturated heterocycles. The van der Waals surface area contributed by atoms with E-state index in [9.17, 15) is 0 Å². The molecule has 0 aliphatic heterocycles. The molecule has 0 aromatic carbocycles. The quantitative estimate of drug-likeness (QED) is 0.599. The van der Waals surface area contributed by atoms with Crippen LogP contribution in [0.3, 0.4) is 0 Å². The van der Waals surface area contributed by atoms with E-state index in [-0.39, 0.29) is 0 Å². The summed E-state index contributed by atoms with van der Waals surface area (Å²) in [6, 6.07) is 0. The molecule has 0 bridgehead atoms. The molecule has 0 atom stereocenters. The largest absolute Gasteiger partial charge is 0.428 e. The Morgan fingerprint density at radius 2 is 2.45 bits per heavy atom. The van der Waals surface area contributed by atoms with Gasteiger partial charge in [0.15, 0.2) is 0 Å². The van der Waals surface area contributed by atoms with Crippen LogP contribution in [0.1, 0.15) is 18.7 Å². The fourth-order valence-corrected chi connectivity index (χ4v) is 0.785. The SMILES string of the molecule is [CH2]OCCCCc1nnco1. The Balaban J connectivity index is 2.04. The van der Waals surface area contributed by atoms with Crippen molar-refractivity contribution < 1.29 is 9.15 Å². The molecule has 11 heavy (non-hydrogen) atoms. The topological polar surface area (TPSA) is 48.2 Å². The highest BCUT2D eigenvalue weighted by Gasteiger charge is 1.96. The van der Waals surface area contributed by atoms with E-state index in [1.807, 2.05) is 0 Å². The highest BCUT2D eigenvalue weighted by atomic mass is 16.5. The molecule has 0 aliphatic carbocycles. The van der Waals surface area contributed by atoms with E-state index in [0.717, 1.165) is 19.3 Å². The van der Waals surface area contributed by atoms with Crippen molar-refractivity contribution in [2.45, 2.75) is 19.3 Å². The van der Waals surface area contributed by atoms with E-state index >= 15 is 0 Å². The van der Waals surface area contributed by atoms with Gasteiger partial charge in [0.25, 0.3) is 0 Å². The van der Waals surface area contributed by atoms with E-state index in [2.05, 4.69) is 22.0 Å². The Morgan fingerprint density at radius 1 is 1.55 bits per heavy atom. The lowest BCUT2D eigenvalue weighted by Crippen LogP contribution is -1.90. The average Bonchev–Trinajstić information content (AvgIpc) is 2.50. The standard InChI is InChI=1S/C7H11N2O2/c1-10-5-3-2-4-7-9-8-6-11-7/h6H,1-5H2. The summed E-state index contributed by atoms with van der Waals surface area (Å²) >= 11 is 0. The van der Waals surface area contributed by atoms with E-state index in [1.54, 1.807) is 0 Å². The Bertz CT molecular complexity index is 175. The number of aromatic nitrogens is 2. The molecule has 0 N–H and O–H groups in total. The molecule has 0 aliphatic rings. The second kappa shape index (κ2) is 4.85. The predicted molar refractivity (Wildman–Crippen MR) is 38.5 cm³/mol. The van der Waals surface area contributed by atoms with Crippen LogP contribution >= 0.6 is 0 Å². The minimum absolute atomic E-state index is 0.689. The lowest BCUT2D eigenvalue weighted by Gasteiger charge is -1.94. The van der Waals surface area contributed by atoms with Crippen molar-refractivity contribution in [1.29, 1.82) is 0 Å². The lowest BCUT2D eigenvalue weighted by atomic mass is 10.2. The number of ether oxygens (including phenoxy) is 1. The third kappa shape index (κ3) is 3.13. The van der Waals surface area contributed by atoms with Crippen molar-refractivity contribution in [2.75, 3.05) is 6.61 Å². The molecule has 0 unspecified atom stereocenters. The monoisotopic (exact) mass is 155 g/mol. The maximum absolute atomic E-state index is 4.94. The molecule has 0 amide bonds. The maximum atomic E-state index is 4.94. The first-order valence-electron chi connectivity index (χ1n) is 3.55. The van der Waals surface area contributed by atoms with Crippen LogP contribution in [0.4, 0.5) is 0 Å². The van der Waals surface area contributed by atoms with Crippen molar-refractivity contribution in [3.63, 3.8) is 0 Å². The molecular weight excluding hydrogens is 144 g/mol. The van der Waals surface area contributed by atoms with Gasteiger partial charge < -0.3 is 9.15 Å². The zero-order chi connectivity index (χ0) is 7.94. The van der Waals surface area contributed by atoms with Gasteiger partial charge in [0.2, 0.25) is 12.3 Å². The van der Waals surface area contributed by atoms with Crippen molar-refractivity contribution in [3.8, 4) is 0 Å². The van der Waals surface area contributed by atoms with E-state index in [1.165, 1.54) is 6.39 Å². The van der Waals surface area contributed by atoms with Crippen molar-refractivity contribution in [1.82, 2.24) is 10.2 Å². The van der Waals surface area contributed by atoms with Crippen LogP contribution in [-0.4, -0.2) is 16.8 Å². The second-order valence-corrected chi connectivity index (χ2v) is 2.20. The van der Waals surface area contributed by atoms with Crippen LogP contribution in [-0.2, 0) is 11.2 Å². The summed E-state index contributed by atoms with van der Waals surface area (Å²) in [5.41, 5.74) is 0. The molecule has 4 heteroatoms. The highest BCUT2D eigenvalue weighted by molar-refractivity contribution is 4.71. The van der Waals surface area contributed by atoms with Gasteiger partial charge in [0, 0.05) is 13.0 Å². The van der Waals surface area contributed by atoms with Gasteiger partial charge in [-0.25, -0.2) is 0 Å². The fraction of sp³-hybridized carbons (Fsp3) is 0.571. The molecule has 1 heterocycles. The second-order valence-electron chi connectivity index (χ2n) is 2.20. The van der Waals surface area contributed by atoms with Gasteiger partial charge in [-0.3, -0.25) is 0 Å². The summed E-state index contributed by atoms with van der Waals surface area (Å²) < 4.78 is 9.58. The number of hydrogen-bond acceptors (Lipinski definition) is 4. The summed E-state index contributed by atoms with van der Waals surface area (Å²) in [6.07, 6.45) is 4.14. The van der Waals surface area contributed by atoms with Gasteiger partial charge in [-0.05, 0) is 12.8 Å². The summed E-state index contributed by atoms with van der Waals surface area (Å²) in [6.45, 7) is 0.689. The van der Waals surface area contributed by atoms with Crippen LogP contribution in [0, 0.1) is 7.11 Å². The number of aryl methyl sites for hydroxylation is 1. The minimum atomic E-state index is 0.689. The number of hydrogen-bond donors (Lipinski definition) is 0. The Kier molecular flexibility index (Phi) is 3.61. The molecule has 4 nitrogen and oxygen atoms in total.